The molecule has 0 saturated heterocycles. The van der Waals surface area contributed by atoms with Gasteiger partial charge < -0.3 is 10.1 Å². The standard InChI is InChI=1S/C23H23F3N4O2/c1-3-32-21-12-17(7-8-27-21)30-13-18-19(5-4-6-20(18)29-30)28-22(31)15-9-14(2)10-16(11-15)23(24,25)26/h7-13,19H,3-6H2,1-2H3,(H,28,31)/t19-/m0/s1. The number of nitrogens with one attached hydrogen (secondary N) is 1. The highest BCUT2D eigenvalue weighted by Gasteiger charge is 2.32. The molecule has 0 bridgehead atoms. The third-order valence-electron chi connectivity index (χ3n) is 5.35. The number of aryl methyl sites for hydroxylation is 2. The largest absolute Gasteiger partial charge is 0.478 e. The van der Waals surface area contributed by atoms with Gasteiger partial charge in [0.05, 0.1) is 29.6 Å². The van der Waals surface area contributed by atoms with E-state index in [2.05, 4.69) is 15.4 Å². The second-order valence-corrected chi connectivity index (χ2v) is 7.76. The van der Waals surface area contributed by atoms with Crippen molar-refractivity contribution >= 4 is 5.91 Å². The van der Waals surface area contributed by atoms with Crippen LogP contribution in [-0.4, -0.2) is 27.3 Å². The number of aromatic nitrogens is 3. The number of carbonyl (C=O) groups is 1. The van der Waals surface area contributed by atoms with Crippen LogP contribution in [0.3, 0.4) is 0 Å². The van der Waals surface area contributed by atoms with E-state index in [1.807, 2.05) is 13.1 Å². The molecule has 0 radical (unpaired) electrons. The molecular formula is C23H23F3N4O2. The molecule has 0 aliphatic heterocycles. The Balaban J connectivity index is 1.59. The number of ether oxygens (including phenoxy) is 1. The number of hydrogen-bond donors (Lipinski definition) is 1. The number of fused-ring (bicyclic) bond motifs is 1. The van der Waals surface area contributed by atoms with Crippen molar-refractivity contribution in [3.63, 3.8) is 0 Å². The number of benzene rings is 1. The Morgan fingerprint density at radius 2 is 2.09 bits per heavy atom. The average molecular weight is 444 g/mol. The summed E-state index contributed by atoms with van der Waals surface area (Å²) >= 11 is 0. The van der Waals surface area contributed by atoms with E-state index in [0.717, 1.165) is 41.9 Å². The number of halogens is 3. The van der Waals surface area contributed by atoms with Crippen molar-refractivity contribution in [1.82, 2.24) is 20.1 Å². The zero-order valence-electron chi connectivity index (χ0n) is 17.7. The van der Waals surface area contributed by atoms with Crippen LogP contribution in [0.2, 0.25) is 0 Å². The van der Waals surface area contributed by atoms with Gasteiger partial charge >= 0.3 is 6.18 Å². The van der Waals surface area contributed by atoms with Gasteiger partial charge in [0.25, 0.3) is 5.91 Å². The van der Waals surface area contributed by atoms with Crippen molar-refractivity contribution in [1.29, 1.82) is 0 Å². The maximum absolute atomic E-state index is 13.2. The Kier molecular flexibility index (Phi) is 5.90. The van der Waals surface area contributed by atoms with E-state index >= 15 is 0 Å². The number of rotatable bonds is 5. The Hall–Kier alpha value is -3.36. The zero-order chi connectivity index (χ0) is 22.9. The molecule has 168 valence electrons. The van der Waals surface area contributed by atoms with Crippen molar-refractivity contribution in [2.24, 2.45) is 0 Å². The van der Waals surface area contributed by atoms with Gasteiger partial charge in [-0.2, -0.15) is 18.3 Å². The van der Waals surface area contributed by atoms with Crippen LogP contribution in [-0.2, 0) is 12.6 Å². The predicted molar refractivity (Wildman–Crippen MR) is 112 cm³/mol. The summed E-state index contributed by atoms with van der Waals surface area (Å²) < 4.78 is 46.6. The third kappa shape index (κ3) is 4.61. The molecule has 1 amide bonds. The molecule has 1 aromatic carbocycles. The van der Waals surface area contributed by atoms with Crippen LogP contribution < -0.4 is 10.1 Å². The monoisotopic (exact) mass is 444 g/mol. The number of carbonyl (C=O) groups excluding carboxylic acids is 1. The minimum atomic E-state index is -4.51. The Bertz CT molecular complexity index is 1140. The van der Waals surface area contributed by atoms with Gasteiger partial charge in [-0.15, -0.1) is 0 Å². The van der Waals surface area contributed by atoms with Crippen molar-refractivity contribution in [2.75, 3.05) is 6.61 Å². The summed E-state index contributed by atoms with van der Waals surface area (Å²) in [7, 11) is 0. The van der Waals surface area contributed by atoms with Gasteiger partial charge in [-0.25, -0.2) is 9.67 Å². The highest BCUT2D eigenvalue weighted by atomic mass is 19.4. The van der Waals surface area contributed by atoms with Crippen molar-refractivity contribution in [3.8, 4) is 11.6 Å². The van der Waals surface area contributed by atoms with E-state index < -0.39 is 17.6 Å². The van der Waals surface area contributed by atoms with Crippen LogP contribution in [0.5, 0.6) is 5.88 Å². The molecule has 0 fully saturated rings. The minimum Gasteiger partial charge on any atom is -0.478 e. The van der Waals surface area contributed by atoms with Gasteiger partial charge in [0, 0.05) is 29.6 Å². The third-order valence-corrected chi connectivity index (χ3v) is 5.35. The summed E-state index contributed by atoms with van der Waals surface area (Å²) in [6, 6.07) is 6.64. The first-order valence-corrected chi connectivity index (χ1v) is 10.4. The summed E-state index contributed by atoms with van der Waals surface area (Å²) in [5, 5.41) is 7.54. The molecule has 1 atom stereocenters. The van der Waals surface area contributed by atoms with E-state index in [9.17, 15) is 18.0 Å². The molecule has 2 aromatic heterocycles. The zero-order valence-corrected chi connectivity index (χ0v) is 17.7. The van der Waals surface area contributed by atoms with Crippen molar-refractivity contribution in [2.45, 2.75) is 45.3 Å². The fourth-order valence-corrected chi connectivity index (χ4v) is 3.91. The van der Waals surface area contributed by atoms with Crippen LogP contribution in [0.1, 0.15) is 58.5 Å². The normalized spacial score (nSPS) is 15.8. The van der Waals surface area contributed by atoms with Crippen LogP contribution in [0.4, 0.5) is 13.2 Å². The number of nitrogens with zero attached hydrogens (tertiary/aromatic N) is 3. The lowest BCUT2D eigenvalue weighted by Gasteiger charge is -2.23. The molecule has 6 nitrogen and oxygen atoms in total. The highest BCUT2D eigenvalue weighted by Crippen LogP contribution is 2.32. The van der Waals surface area contributed by atoms with E-state index in [-0.39, 0.29) is 11.6 Å². The summed E-state index contributed by atoms with van der Waals surface area (Å²) in [6.07, 6.45) is 1.24. The summed E-state index contributed by atoms with van der Waals surface area (Å²) in [5.41, 5.74) is 2.04. The first-order valence-electron chi connectivity index (χ1n) is 10.4. The van der Waals surface area contributed by atoms with Gasteiger partial charge in [0.2, 0.25) is 5.88 Å². The maximum atomic E-state index is 13.2. The second-order valence-electron chi connectivity index (χ2n) is 7.76. The maximum Gasteiger partial charge on any atom is 0.416 e. The summed E-state index contributed by atoms with van der Waals surface area (Å²) in [6.45, 7) is 3.91. The van der Waals surface area contributed by atoms with Gasteiger partial charge in [-0.3, -0.25) is 4.79 Å². The van der Waals surface area contributed by atoms with E-state index in [1.54, 1.807) is 29.9 Å². The first kappa shape index (κ1) is 21.9. The molecule has 0 spiro atoms. The lowest BCUT2D eigenvalue weighted by molar-refractivity contribution is -0.137. The average Bonchev–Trinajstić information content (AvgIpc) is 3.19. The van der Waals surface area contributed by atoms with Gasteiger partial charge in [0.15, 0.2) is 0 Å². The fraction of sp³-hybridized carbons (Fsp3) is 0.348. The molecule has 4 rings (SSSR count). The van der Waals surface area contributed by atoms with Crippen LogP contribution in [0.25, 0.3) is 5.69 Å². The van der Waals surface area contributed by atoms with Gasteiger partial charge in [0.1, 0.15) is 0 Å². The lowest BCUT2D eigenvalue weighted by atomic mass is 9.93. The molecule has 3 aromatic rings. The van der Waals surface area contributed by atoms with Crippen LogP contribution in [0.15, 0.2) is 42.7 Å². The van der Waals surface area contributed by atoms with Gasteiger partial charge in [-0.1, -0.05) is 0 Å². The molecule has 0 saturated carbocycles. The number of pyridine rings is 1. The SMILES string of the molecule is CCOc1cc(-n2cc3c(n2)CCC[C@@H]3NC(=O)c2cc(C)cc(C(F)(F)F)c2)ccn1. The molecule has 9 heteroatoms. The fourth-order valence-electron chi connectivity index (χ4n) is 3.91. The molecule has 0 unspecified atom stereocenters. The first-order chi connectivity index (χ1) is 15.2. The van der Waals surface area contributed by atoms with E-state index in [0.29, 0.717) is 24.5 Å². The van der Waals surface area contributed by atoms with Crippen LogP contribution >= 0.6 is 0 Å². The number of amides is 1. The van der Waals surface area contributed by atoms with Crippen molar-refractivity contribution < 1.29 is 22.7 Å². The minimum absolute atomic E-state index is 0.00710. The summed E-state index contributed by atoms with van der Waals surface area (Å²) in [5.74, 6) is -0.0458. The molecule has 1 aliphatic carbocycles. The van der Waals surface area contributed by atoms with E-state index in [4.69, 9.17) is 4.74 Å². The Labute approximate surface area is 183 Å². The number of hydrogen-bond acceptors (Lipinski definition) is 4. The van der Waals surface area contributed by atoms with Crippen molar-refractivity contribution in [3.05, 3.63) is 70.7 Å². The topological polar surface area (TPSA) is 69.0 Å². The molecule has 1 N–H and O–H groups in total. The Morgan fingerprint density at radius 3 is 2.84 bits per heavy atom. The Morgan fingerprint density at radius 1 is 1.28 bits per heavy atom. The number of alkyl halides is 3. The molecular weight excluding hydrogens is 421 g/mol. The second kappa shape index (κ2) is 8.64. The highest BCUT2D eigenvalue weighted by molar-refractivity contribution is 5.95. The smallest absolute Gasteiger partial charge is 0.416 e. The quantitative estimate of drug-likeness (QED) is 0.614. The predicted octanol–water partition coefficient (Wildman–Crippen LogP) is 4.80. The molecule has 2 heterocycles. The summed E-state index contributed by atoms with van der Waals surface area (Å²) in [4.78, 5) is 17.0. The van der Waals surface area contributed by atoms with E-state index in [1.165, 1.54) is 6.07 Å². The lowest BCUT2D eigenvalue weighted by Crippen LogP contribution is -2.31. The van der Waals surface area contributed by atoms with Gasteiger partial charge in [-0.05, 0) is 62.9 Å². The molecule has 1 aliphatic rings. The molecule has 32 heavy (non-hydrogen) atoms. The van der Waals surface area contributed by atoms with Crippen LogP contribution in [0, 0.1) is 6.92 Å².